The summed E-state index contributed by atoms with van der Waals surface area (Å²) in [5.41, 5.74) is 0. The summed E-state index contributed by atoms with van der Waals surface area (Å²) < 4.78 is 0. The number of carboxylic acid groups (broad SMARTS) is 1. The largest absolute Gasteiger partial charge is 0.481 e. The van der Waals surface area contributed by atoms with Gasteiger partial charge >= 0.3 is 5.97 Å². The number of aliphatic carboxylic acids is 1. The smallest absolute Gasteiger partial charge is 0.308 e. The molecule has 0 saturated heterocycles. The second-order valence-corrected chi connectivity index (χ2v) is 5.21. The number of hydrogen-bond donors (Lipinski definition) is 1. The first-order valence-corrected chi connectivity index (χ1v) is 5.92. The van der Waals surface area contributed by atoms with E-state index in [0.717, 1.165) is 12.5 Å². The molecule has 0 aromatic rings. The molecule has 15 heavy (non-hydrogen) atoms. The molecular formula is C12H23NO2. The van der Waals surface area contributed by atoms with Crippen molar-refractivity contribution in [1.29, 1.82) is 0 Å². The van der Waals surface area contributed by atoms with E-state index < -0.39 is 5.97 Å². The lowest BCUT2D eigenvalue weighted by molar-refractivity contribution is -0.144. The molecule has 0 bridgehead atoms. The van der Waals surface area contributed by atoms with Crippen molar-refractivity contribution in [1.82, 2.24) is 4.90 Å². The molecule has 1 rings (SSSR count). The number of carbonyl (C=O) groups is 1. The van der Waals surface area contributed by atoms with Crippen LogP contribution < -0.4 is 0 Å². The van der Waals surface area contributed by atoms with E-state index in [1.807, 2.05) is 20.9 Å². The van der Waals surface area contributed by atoms with Crippen molar-refractivity contribution in [3.8, 4) is 0 Å². The molecule has 1 atom stereocenters. The highest BCUT2D eigenvalue weighted by molar-refractivity contribution is 5.70. The molecule has 1 saturated carbocycles. The van der Waals surface area contributed by atoms with Crippen LogP contribution >= 0.6 is 0 Å². The predicted molar refractivity (Wildman–Crippen MR) is 60.8 cm³/mol. The molecule has 1 aliphatic carbocycles. The average Bonchev–Trinajstić information content (AvgIpc) is 2.06. The summed E-state index contributed by atoms with van der Waals surface area (Å²) in [7, 11) is 2.04. The summed E-state index contributed by atoms with van der Waals surface area (Å²) >= 11 is 0. The molecule has 0 aromatic heterocycles. The lowest BCUT2D eigenvalue weighted by Gasteiger charge is -2.32. The minimum absolute atomic E-state index is 0.214. The van der Waals surface area contributed by atoms with Crippen LogP contribution in [-0.2, 0) is 4.79 Å². The van der Waals surface area contributed by atoms with E-state index in [-0.39, 0.29) is 11.8 Å². The van der Waals surface area contributed by atoms with Gasteiger partial charge in [0.05, 0.1) is 5.92 Å². The van der Waals surface area contributed by atoms with Crippen LogP contribution in [0.4, 0.5) is 0 Å². The Morgan fingerprint density at radius 3 is 2.40 bits per heavy atom. The lowest BCUT2D eigenvalue weighted by Crippen LogP contribution is -2.37. The first kappa shape index (κ1) is 12.5. The van der Waals surface area contributed by atoms with E-state index in [1.165, 1.54) is 19.3 Å². The van der Waals surface area contributed by atoms with Crippen molar-refractivity contribution in [2.24, 2.45) is 17.8 Å². The SMILES string of the molecule is CC(C)C(CN(C)CC1CCC1)C(=O)O. The zero-order valence-electron chi connectivity index (χ0n) is 10.1. The van der Waals surface area contributed by atoms with Gasteiger partial charge < -0.3 is 10.0 Å². The second kappa shape index (κ2) is 5.50. The highest BCUT2D eigenvalue weighted by Crippen LogP contribution is 2.27. The fourth-order valence-corrected chi connectivity index (χ4v) is 2.10. The summed E-state index contributed by atoms with van der Waals surface area (Å²) in [5.74, 6) is 0.142. The van der Waals surface area contributed by atoms with Gasteiger partial charge in [-0.1, -0.05) is 20.3 Å². The molecule has 1 N–H and O–H groups in total. The molecular weight excluding hydrogens is 190 g/mol. The van der Waals surface area contributed by atoms with Crippen LogP contribution in [0.3, 0.4) is 0 Å². The minimum atomic E-state index is -0.662. The first-order valence-electron chi connectivity index (χ1n) is 5.92. The summed E-state index contributed by atoms with van der Waals surface area (Å²) in [4.78, 5) is 13.2. The third-order valence-corrected chi connectivity index (χ3v) is 3.42. The monoisotopic (exact) mass is 213 g/mol. The summed E-state index contributed by atoms with van der Waals surface area (Å²) in [6, 6.07) is 0. The Balaban J connectivity index is 2.32. The molecule has 0 radical (unpaired) electrons. The van der Waals surface area contributed by atoms with Crippen LogP contribution in [0.5, 0.6) is 0 Å². The molecule has 1 aliphatic rings. The first-order chi connectivity index (χ1) is 7.00. The number of carboxylic acids is 1. The maximum atomic E-state index is 11.0. The average molecular weight is 213 g/mol. The van der Waals surface area contributed by atoms with Gasteiger partial charge in [0.1, 0.15) is 0 Å². The van der Waals surface area contributed by atoms with E-state index >= 15 is 0 Å². The van der Waals surface area contributed by atoms with E-state index in [4.69, 9.17) is 5.11 Å². The highest BCUT2D eigenvalue weighted by atomic mass is 16.4. The van der Waals surface area contributed by atoms with Crippen molar-refractivity contribution in [3.63, 3.8) is 0 Å². The maximum absolute atomic E-state index is 11.0. The molecule has 0 heterocycles. The molecule has 88 valence electrons. The molecule has 3 nitrogen and oxygen atoms in total. The van der Waals surface area contributed by atoms with Gasteiger partial charge in [-0.25, -0.2) is 0 Å². The zero-order valence-corrected chi connectivity index (χ0v) is 10.1. The Morgan fingerprint density at radius 2 is 2.07 bits per heavy atom. The highest BCUT2D eigenvalue weighted by Gasteiger charge is 2.25. The van der Waals surface area contributed by atoms with Gasteiger partial charge in [0.25, 0.3) is 0 Å². The lowest BCUT2D eigenvalue weighted by atomic mass is 9.85. The van der Waals surface area contributed by atoms with Crippen LogP contribution in [0.2, 0.25) is 0 Å². The van der Waals surface area contributed by atoms with Crippen molar-refractivity contribution in [2.75, 3.05) is 20.1 Å². The third kappa shape index (κ3) is 3.82. The second-order valence-electron chi connectivity index (χ2n) is 5.21. The van der Waals surface area contributed by atoms with Gasteiger partial charge in [-0.3, -0.25) is 4.79 Å². The molecule has 0 aromatic carbocycles. The molecule has 3 heteroatoms. The van der Waals surface area contributed by atoms with Crippen LogP contribution in [0, 0.1) is 17.8 Å². The van der Waals surface area contributed by atoms with Gasteiger partial charge in [0.2, 0.25) is 0 Å². The van der Waals surface area contributed by atoms with E-state index in [9.17, 15) is 4.79 Å². The fourth-order valence-electron chi connectivity index (χ4n) is 2.10. The molecule has 0 spiro atoms. The number of hydrogen-bond acceptors (Lipinski definition) is 2. The standard InChI is InChI=1S/C12H23NO2/c1-9(2)11(12(14)15)8-13(3)7-10-5-4-6-10/h9-11H,4-8H2,1-3H3,(H,14,15). The Bertz CT molecular complexity index is 212. The normalized spacial score (nSPS) is 19.3. The Morgan fingerprint density at radius 1 is 1.47 bits per heavy atom. The van der Waals surface area contributed by atoms with Crippen LogP contribution in [0.25, 0.3) is 0 Å². The summed E-state index contributed by atoms with van der Waals surface area (Å²) in [5, 5.41) is 9.07. The van der Waals surface area contributed by atoms with Gasteiger partial charge in [-0.15, -0.1) is 0 Å². The van der Waals surface area contributed by atoms with Crippen molar-refractivity contribution in [3.05, 3.63) is 0 Å². The Labute approximate surface area is 92.5 Å². The molecule has 0 aliphatic heterocycles. The summed E-state index contributed by atoms with van der Waals surface area (Å²) in [6.45, 7) is 5.71. The Kier molecular flexibility index (Phi) is 4.58. The van der Waals surface area contributed by atoms with Crippen LogP contribution in [-0.4, -0.2) is 36.1 Å². The molecule has 1 fully saturated rings. The van der Waals surface area contributed by atoms with E-state index in [2.05, 4.69) is 4.90 Å². The molecule has 1 unspecified atom stereocenters. The van der Waals surface area contributed by atoms with Crippen molar-refractivity contribution >= 4 is 5.97 Å². The van der Waals surface area contributed by atoms with Crippen molar-refractivity contribution < 1.29 is 9.90 Å². The van der Waals surface area contributed by atoms with Gasteiger partial charge in [-0.2, -0.15) is 0 Å². The number of nitrogens with zero attached hydrogens (tertiary/aromatic N) is 1. The predicted octanol–water partition coefficient (Wildman–Crippen LogP) is 2.08. The van der Waals surface area contributed by atoms with Gasteiger partial charge in [-0.05, 0) is 31.7 Å². The summed E-state index contributed by atoms with van der Waals surface area (Å²) in [6.07, 6.45) is 4.00. The minimum Gasteiger partial charge on any atom is -0.481 e. The number of rotatable bonds is 6. The van der Waals surface area contributed by atoms with Gasteiger partial charge in [0, 0.05) is 13.1 Å². The topological polar surface area (TPSA) is 40.5 Å². The fraction of sp³-hybridized carbons (Fsp3) is 0.917. The quantitative estimate of drug-likeness (QED) is 0.734. The van der Waals surface area contributed by atoms with Gasteiger partial charge in [0.15, 0.2) is 0 Å². The maximum Gasteiger partial charge on any atom is 0.308 e. The third-order valence-electron chi connectivity index (χ3n) is 3.42. The van der Waals surface area contributed by atoms with Crippen LogP contribution in [0.1, 0.15) is 33.1 Å². The van der Waals surface area contributed by atoms with E-state index in [0.29, 0.717) is 6.54 Å². The van der Waals surface area contributed by atoms with Crippen molar-refractivity contribution in [2.45, 2.75) is 33.1 Å². The van der Waals surface area contributed by atoms with E-state index in [1.54, 1.807) is 0 Å². The zero-order chi connectivity index (χ0) is 11.4. The Hall–Kier alpha value is -0.570. The van der Waals surface area contributed by atoms with Crippen LogP contribution in [0.15, 0.2) is 0 Å². The molecule has 0 amide bonds.